The Morgan fingerprint density at radius 3 is 2.67 bits per heavy atom. The Kier molecular flexibility index (Phi) is 6.62. The lowest BCUT2D eigenvalue weighted by atomic mass is 9.80. The highest BCUT2D eigenvalue weighted by molar-refractivity contribution is 5.08. The zero-order valence-corrected chi connectivity index (χ0v) is 13.9. The van der Waals surface area contributed by atoms with Crippen LogP contribution in [-0.4, -0.2) is 42.5 Å². The summed E-state index contributed by atoms with van der Waals surface area (Å²) in [5.74, 6) is 1.78. The van der Waals surface area contributed by atoms with Crippen molar-refractivity contribution in [3.8, 4) is 0 Å². The molecule has 0 spiro atoms. The van der Waals surface area contributed by atoms with Gasteiger partial charge in [0.1, 0.15) is 0 Å². The zero-order chi connectivity index (χ0) is 15.1. The predicted octanol–water partition coefficient (Wildman–Crippen LogP) is 3.20. The second-order valence-corrected chi connectivity index (χ2v) is 6.71. The van der Waals surface area contributed by atoms with Crippen LogP contribution >= 0.6 is 0 Å². The van der Waals surface area contributed by atoms with Crippen LogP contribution in [0, 0.1) is 11.8 Å². The average molecular weight is 291 g/mol. The number of hydrogen-bond acceptors (Lipinski definition) is 3. The van der Waals surface area contributed by atoms with Crippen molar-refractivity contribution < 1.29 is 0 Å². The molecule has 2 atom stereocenters. The summed E-state index contributed by atoms with van der Waals surface area (Å²) >= 11 is 0. The minimum atomic E-state index is 0.859. The summed E-state index contributed by atoms with van der Waals surface area (Å²) in [6.45, 7) is 10.7. The van der Waals surface area contributed by atoms with Crippen molar-refractivity contribution in [2.45, 2.75) is 46.0 Å². The summed E-state index contributed by atoms with van der Waals surface area (Å²) in [4.78, 5) is 5.19. The van der Waals surface area contributed by atoms with Gasteiger partial charge in [0.15, 0.2) is 0 Å². The Morgan fingerprint density at radius 2 is 2.05 bits per heavy atom. The van der Waals surface area contributed by atoms with E-state index >= 15 is 0 Å². The lowest BCUT2D eigenvalue weighted by molar-refractivity contribution is 0.147. The quantitative estimate of drug-likeness (QED) is 0.815. The van der Waals surface area contributed by atoms with E-state index in [0.717, 1.165) is 24.8 Å². The minimum Gasteiger partial charge on any atom is -0.405 e. The van der Waals surface area contributed by atoms with Crippen LogP contribution in [0.3, 0.4) is 0 Å². The second-order valence-electron chi connectivity index (χ2n) is 6.71. The van der Waals surface area contributed by atoms with Crippen LogP contribution in [0.5, 0.6) is 0 Å². The first-order chi connectivity index (χ1) is 10.2. The first kappa shape index (κ1) is 16.4. The highest BCUT2D eigenvalue weighted by Gasteiger charge is 2.25. The van der Waals surface area contributed by atoms with Gasteiger partial charge in [-0.15, -0.1) is 0 Å². The Balaban J connectivity index is 1.77. The fraction of sp³-hybridized carbons (Fsp3) is 0.778. The fourth-order valence-electron chi connectivity index (χ4n) is 3.74. The zero-order valence-electron chi connectivity index (χ0n) is 13.9. The molecule has 3 nitrogen and oxygen atoms in total. The molecule has 1 saturated heterocycles. The second kappa shape index (κ2) is 8.47. The maximum Gasteiger partial charge on any atom is 0.0303 e. The topological polar surface area (TPSA) is 32.5 Å². The molecule has 0 amide bonds. The molecule has 2 rings (SSSR count). The third-order valence-corrected chi connectivity index (χ3v) is 5.18. The van der Waals surface area contributed by atoms with Gasteiger partial charge in [0.2, 0.25) is 0 Å². The third-order valence-electron chi connectivity index (χ3n) is 5.18. The predicted molar refractivity (Wildman–Crippen MR) is 90.8 cm³/mol. The molecular weight excluding hydrogens is 258 g/mol. The molecule has 1 aliphatic carbocycles. The molecule has 0 bridgehead atoms. The number of rotatable bonds is 6. The van der Waals surface area contributed by atoms with E-state index in [1.165, 1.54) is 51.9 Å². The molecule has 1 fully saturated rings. The molecule has 0 aromatic carbocycles. The number of piperazine rings is 1. The number of allylic oxidation sites excluding steroid dienone is 2. The van der Waals surface area contributed by atoms with Gasteiger partial charge in [-0.25, -0.2) is 0 Å². The normalized spacial score (nSPS) is 28.1. The van der Waals surface area contributed by atoms with E-state index < -0.39 is 0 Å². The molecule has 0 aromatic heterocycles. The van der Waals surface area contributed by atoms with Gasteiger partial charge in [0, 0.05) is 38.4 Å². The standard InChI is InChI=1S/C18H33N3/c1-3-6-17-7-8-18(15-16(17)2)21-13-11-20(12-14-21)10-5-4-9-19/h4,8-9,16-17H,3,5-7,10-15,19H2,1-2H3/b9-4+. The van der Waals surface area contributed by atoms with Gasteiger partial charge in [-0.05, 0) is 37.3 Å². The van der Waals surface area contributed by atoms with E-state index in [-0.39, 0.29) is 0 Å². The largest absolute Gasteiger partial charge is 0.405 e. The van der Waals surface area contributed by atoms with Crippen molar-refractivity contribution in [2.75, 3.05) is 32.7 Å². The van der Waals surface area contributed by atoms with Gasteiger partial charge >= 0.3 is 0 Å². The van der Waals surface area contributed by atoms with Crippen molar-refractivity contribution in [3.63, 3.8) is 0 Å². The van der Waals surface area contributed by atoms with Gasteiger partial charge in [-0.1, -0.05) is 38.8 Å². The minimum absolute atomic E-state index is 0.859. The first-order valence-corrected chi connectivity index (χ1v) is 8.77. The van der Waals surface area contributed by atoms with Gasteiger partial charge in [0.05, 0.1) is 0 Å². The van der Waals surface area contributed by atoms with Gasteiger partial charge < -0.3 is 10.6 Å². The molecular formula is C18H33N3. The summed E-state index contributed by atoms with van der Waals surface area (Å²) in [6, 6.07) is 0. The van der Waals surface area contributed by atoms with Gasteiger partial charge in [0.25, 0.3) is 0 Å². The van der Waals surface area contributed by atoms with Crippen LogP contribution in [0.4, 0.5) is 0 Å². The smallest absolute Gasteiger partial charge is 0.0303 e. The third kappa shape index (κ3) is 4.77. The lowest BCUT2D eigenvalue weighted by Gasteiger charge is -2.40. The van der Waals surface area contributed by atoms with Crippen LogP contribution in [-0.2, 0) is 0 Å². The molecule has 2 aliphatic rings. The Hall–Kier alpha value is -0.960. The highest BCUT2D eigenvalue weighted by Crippen LogP contribution is 2.34. The van der Waals surface area contributed by atoms with Crippen molar-refractivity contribution in [1.29, 1.82) is 0 Å². The number of hydrogen-bond donors (Lipinski definition) is 1. The summed E-state index contributed by atoms with van der Waals surface area (Å²) in [6.07, 6.45) is 12.7. The maximum atomic E-state index is 5.39. The number of nitrogens with two attached hydrogens (primary N) is 1. The molecule has 2 N–H and O–H groups in total. The van der Waals surface area contributed by atoms with E-state index in [4.69, 9.17) is 5.73 Å². The van der Waals surface area contributed by atoms with Gasteiger partial charge in [-0.2, -0.15) is 0 Å². The summed E-state index contributed by atoms with van der Waals surface area (Å²) < 4.78 is 0. The molecule has 120 valence electrons. The van der Waals surface area contributed by atoms with E-state index in [9.17, 15) is 0 Å². The molecule has 1 heterocycles. The average Bonchev–Trinajstić information content (AvgIpc) is 2.50. The van der Waals surface area contributed by atoms with Crippen LogP contribution in [0.2, 0.25) is 0 Å². The summed E-state index contributed by atoms with van der Waals surface area (Å²) in [7, 11) is 0. The highest BCUT2D eigenvalue weighted by atomic mass is 15.3. The van der Waals surface area contributed by atoms with Gasteiger partial charge in [-0.3, -0.25) is 4.90 Å². The SMILES string of the molecule is CCCC1CC=C(N2CCN(CC/C=C/N)CC2)CC1C. The van der Waals surface area contributed by atoms with E-state index in [0.29, 0.717) is 0 Å². The van der Waals surface area contributed by atoms with E-state index in [2.05, 4.69) is 35.8 Å². The van der Waals surface area contributed by atoms with Crippen LogP contribution in [0.25, 0.3) is 0 Å². The van der Waals surface area contributed by atoms with E-state index in [1.54, 1.807) is 11.9 Å². The summed E-state index contributed by atoms with van der Waals surface area (Å²) in [5, 5.41) is 0. The van der Waals surface area contributed by atoms with Crippen molar-refractivity contribution in [2.24, 2.45) is 17.6 Å². The van der Waals surface area contributed by atoms with Crippen LogP contribution in [0.15, 0.2) is 24.0 Å². The molecule has 0 aromatic rings. The van der Waals surface area contributed by atoms with Crippen LogP contribution < -0.4 is 5.73 Å². The molecule has 2 unspecified atom stereocenters. The Labute approximate surface area is 130 Å². The Bertz CT molecular complexity index is 353. The van der Waals surface area contributed by atoms with Crippen molar-refractivity contribution in [1.82, 2.24) is 9.80 Å². The lowest BCUT2D eigenvalue weighted by Crippen LogP contribution is -2.46. The fourth-order valence-corrected chi connectivity index (χ4v) is 3.74. The molecule has 21 heavy (non-hydrogen) atoms. The van der Waals surface area contributed by atoms with Crippen molar-refractivity contribution in [3.05, 3.63) is 24.0 Å². The first-order valence-electron chi connectivity index (χ1n) is 8.77. The number of nitrogens with zero attached hydrogens (tertiary/aromatic N) is 2. The maximum absolute atomic E-state index is 5.39. The monoisotopic (exact) mass is 291 g/mol. The molecule has 1 aliphatic heterocycles. The molecule has 0 radical (unpaired) electrons. The van der Waals surface area contributed by atoms with Crippen LogP contribution in [0.1, 0.15) is 46.0 Å². The van der Waals surface area contributed by atoms with E-state index in [1.807, 2.05) is 0 Å². The Morgan fingerprint density at radius 1 is 1.29 bits per heavy atom. The summed E-state index contributed by atoms with van der Waals surface area (Å²) in [5.41, 5.74) is 7.02. The molecule has 3 heteroatoms. The van der Waals surface area contributed by atoms with Crippen molar-refractivity contribution >= 4 is 0 Å². The molecule has 0 saturated carbocycles.